The summed E-state index contributed by atoms with van der Waals surface area (Å²) < 4.78 is 5.78. The monoisotopic (exact) mass is 456 g/mol. The molecule has 0 bridgehead atoms. The molecule has 1 saturated heterocycles. The van der Waals surface area contributed by atoms with Crippen molar-refractivity contribution in [2.75, 3.05) is 4.90 Å². The summed E-state index contributed by atoms with van der Waals surface area (Å²) in [5.41, 5.74) is 1.33. The number of amides is 2. The maximum Gasteiger partial charge on any atom is 0.270 e. The zero-order valence-corrected chi connectivity index (χ0v) is 18.3. The zero-order valence-electron chi connectivity index (χ0n) is 17.5. The first-order chi connectivity index (χ1) is 16.0. The average molecular weight is 457 g/mol. The van der Waals surface area contributed by atoms with E-state index in [0.717, 1.165) is 0 Å². The van der Waals surface area contributed by atoms with Crippen molar-refractivity contribution in [1.29, 1.82) is 0 Å². The number of anilines is 1. The first-order valence-electron chi connectivity index (χ1n) is 10.1. The third kappa shape index (κ3) is 4.68. The number of carbonyl (C=O) groups is 2. The number of nitrogens with zero attached hydrogens (tertiary/aromatic N) is 1. The Kier molecular flexibility index (Phi) is 6.33. The Morgan fingerprint density at radius 3 is 2.36 bits per heavy atom. The molecule has 2 amide bonds. The van der Waals surface area contributed by atoms with Gasteiger partial charge in [-0.05, 0) is 66.7 Å². The molecule has 7 heteroatoms. The molecule has 0 aromatic heterocycles. The first-order valence-corrected chi connectivity index (χ1v) is 10.5. The van der Waals surface area contributed by atoms with Gasteiger partial charge in [-0.1, -0.05) is 42.5 Å². The van der Waals surface area contributed by atoms with E-state index >= 15 is 0 Å². The Labute approximate surface area is 196 Å². The summed E-state index contributed by atoms with van der Waals surface area (Å²) in [6.45, 7) is 3.67. The van der Waals surface area contributed by atoms with Gasteiger partial charge in [-0.15, -0.1) is 6.58 Å². The average Bonchev–Trinajstić information content (AvgIpc) is 2.81. The van der Waals surface area contributed by atoms with E-state index in [1.54, 1.807) is 48.5 Å². The highest BCUT2D eigenvalue weighted by molar-refractivity contribution is 7.80. The van der Waals surface area contributed by atoms with Crippen LogP contribution in [0.2, 0.25) is 0 Å². The maximum atomic E-state index is 13.2. The highest BCUT2D eigenvalue weighted by Crippen LogP contribution is 2.29. The molecule has 0 radical (unpaired) electrons. The highest BCUT2D eigenvalue weighted by atomic mass is 32.1. The summed E-state index contributed by atoms with van der Waals surface area (Å²) in [6, 6.07) is 21.2. The quantitative estimate of drug-likeness (QED) is 0.242. The third-order valence-electron chi connectivity index (χ3n) is 4.99. The van der Waals surface area contributed by atoms with Gasteiger partial charge in [-0.3, -0.25) is 19.8 Å². The van der Waals surface area contributed by atoms with Crippen molar-refractivity contribution in [1.82, 2.24) is 5.32 Å². The van der Waals surface area contributed by atoms with Crippen molar-refractivity contribution in [2.24, 2.45) is 0 Å². The van der Waals surface area contributed by atoms with Gasteiger partial charge >= 0.3 is 0 Å². The van der Waals surface area contributed by atoms with Crippen LogP contribution in [0, 0.1) is 0 Å². The number of ether oxygens (including phenoxy) is 1. The second-order valence-corrected chi connectivity index (χ2v) is 7.60. The van der Waals surface area contributed by atoms with Crippen molar-refractivity contribution in [3.05, 3.63) is 102 Å². The molecule has 1 heterocycles. The van der Waals surface area contributed by atoms with Crippen LogP contribution < -0.4 is 15.0 Å². The third-order valence-corrected chi connectivity index (χ3v) is 5.28. The molecular formula is C26H20N2O4S. The predicted molar refractivity (Wildman–Crippen MR) is 131 cm³/mol. The van der Waals surface area contributed by atoms with Gasteiger partial charge in [0.15, 0.2) is 5.11 Å². The van der Waals surface area contributed by atoms with Gasteiger partial charge in [-0.2, -0.15) is 0 Å². The van der Waals surface area contributed by atoms with Crippen LogP contribution in [0.25, 0.3) is 6.08 Å². The number of para-hydroxylation sites is 2. The minimum Gasteiger partial charge on any atom is -0.507 e. The van der Waals surface area contributed by atoms with Gasteiger partial charge < -0.3 is 9.84 Å². The van der Waals surface area contributed by atoms with Crippen LogP contribution in [-0.4, -0.2) is 22.0 Å². The number of rotatable bonds is 6. The number of nitrogens with one attached hydrogen (secondary N) is 1. The lowest BCUT2D eigenvalue weighted by molar-refractivity contribution is -0.122. The molecule has 1 aliphatic rings. The van der Waals surface area contributed by atoms with Crippen LogP contribution in [-0.2, 0) is 16.0 Å². The van der Waals surface area contributed by atoms with Gasteiger partial charge in [0.1, 0.15) is 22.8 Å². The van der Waals surface area contributed by atoms with Crippen molar-refractivity contribution < 1.29 is 19.4 Å². The normalized spacial score (nSPS) is 14.8. The first kappa shape index (κ1) is 22.0. The number of thiocarbonyl (C=S) groups is 1. The standard InChI is InChI=1S/C26H20N2O4S/c1-2-7-17-8-6-9-18(23(17)29)16-22-24(30)27-26(33)28(25(22)31)19-12-14-21(15-13-19)32-20-10-4-3-5-11-20/h2-6,8-16,29H,1,7H2,(H,27,30,33)/b22-16+. The molecule has 6 nitrogen and oxygen atoms in total. The molecule has 3 aromatic rings. The number of hydrogen-bond acceptors (Lipinski definition) is 5. The second kappa shape index (κ2) is 9.50. The molecule has 1 aliphatic heterocycles. The lowest BCUT2D eigenvalue weighted by Gasteiger charge is -2.29. The van der Waals surface area contributed by atoms with Crippen molar-refractivity contribution in [2.45, 2.75) is 6.42 Å². The Morgan fingerprint density at radius 1 is 0.970 bits per heavy atom. The van der Waals surface area contributed by atoms with Gasteiger partial charge in [0, 0.05) is 5.56 Å². The van der Waals surface area contributed by atoms with Crippen LogP contribution in [0.3, 0.4) is 0 Å². The molecule has 33 heavy (non-hydrogen) atoms. The molecule has 0 atom stereocenters. The van der Waals surface area contributed by atoms with Crippen LogP contribution in [0.4, 0.5) is 5.69 Å². The maximum absolute atomic E-state index is 13.2. The van der Waals surface area contributed by atoms with E-state index in [9.17, 15) is 14.7 Å². The second-order valence-electron chi connectivity index (χ2n) is 7.21. The Hall–Kier alpha value is -4.23. The summed E-state index contributed by atoms with van der Waals surface area (Å²) in [6.07, 6.45) is 3.48. The van der Waals surface area contributed by atoms with E-state index in [0.29, 0.717) is 34.7 Å². The van der Waals surface area contributed by atoms with Crippen molar-refractivity contribution >= 4 is 40.9 Å². The highest BCUT2D eigenvalue weighted by Gasteiger charge is 2.34. The smallest absolute Gasteiger partial charge is 0.270 e. The van der Waals surface area contributed by atoms with Gasteiger partial charge in [0.2, 0.25) is 0 Å². The Morgan fingerprint density at radius 2 is 1.67 bits per heavy atom. The molecule has 3 aromatic carbocycles. The fourth-order valence-electron chi connectivity index (χ4n) is 3.38. The van der Waals surface area contributed by atoms with Gasteiger partial charge in [0.05, 0.1) is 5.69 Å². The van der Waals surface area contributed by atoms with Crippen molar-refractivity contribution in [3.8, 4) is 17.2 Å². The Balaban J connectivity index is 1.62. The molecule has 0 unspecified atom stereocenters. The number of phenols is 1. The number of phenolic OH excluding ortho intramolecular Hbond substituents is 1. The molecule has 4 rings (SSSR count). The molecule has 0 saturated carbocycles. The minimum atomic E-state index is -0.626. The summed E-state index contributed by atoms with van der Waals surface area (Å²) in [5.74, 6) is 0.0512. The Bertz CT molecular complexity index is 1270. The van der Waals surface area contributed by atoms with Crippen LogP contribution in [0.5, 0.6) is 17.2 Å². The zero-order chi connectivity index (χ0) is 23.4. The van der Waals surface area contributed by atoms with E-state index in [1.165, 1.54) is 11.0 Å². The van der Waals surface area contributed by atoms with E-state index < -0.39 is 11.8 Å². The van der Waals surface area contributed by atoms with Gasteiger partial charge in [0.25, 0.3) is 11.8 Å². The molecule has 2 N–H and O–H groups in total. The van der Waals surface area contributed by atoms with E-state index in [-0.39, 0.29) is 16.4 Å². The van der Waals surface area contributed by atoms with Crippen LogP contribution >= 0.6 is 12.2 Å². The summed E-state index contributed by atoms with van der Waals surface area (Å²) >= 11 is 5.25. The lowest BCUT2D eigenvalue weighted by atomic mass is 10.0. The number of carbonyl (C=O) groups excluding carboxylic acids is 2. The molecule has 164 valence electrons. The van der Waals surface area contributed by atoms with E-state index in [2.05, 4.69) is 11.9 Å². The molecule has 0 spiro atoms. The summed E-state index contributed by atoms with van der Waals surface area (Å²) in [4.78, 5) is 27.0. The molecule has 0 aliphatic carbocycles. The SMILES string of the molecule is C=CCc1cccc(/C=C2\C(=O)NC(=S)N(c3ccc(Oc4ccccc4)cc3)C2=O)c1O. The number of aromatic hydroxyl groups is 1. The van der Waals surface area contributed by atoms with E-state index in [1.807, 2.05) is 30.3 Å². The largest absolute Gasteiger partial charge is 0.507 e. The number of benzene rings is 3. The van der Waals surface area contributed by atoms with Crippen molar-refractivity contribution in [3.63, 3.8) is 0 Å². The fraction of sp³-hybridized carbons (Fsp3) is 0.0385. The summed E-state index contributed by atoms with van der Waals surface area (Å²) in [5, 5.41) is 13.0. The fourth-order valence-corrected chi connectivity index (χ4v) is 3.66. The van der Waals surface area contributed by atoms with Crippen LogP contribution in [0.15, 0.2) is 91.0 Å². The number of hydrogen-bond donors (Lipinski definition) is 2. The molecular weight excluding hydrogens is 436 g/mol. The predicted octanol–water partition coefficient (Wildman–Crippen LogP) is 4.74. The number of allylic oxidation sites excluding steroid dienone is 1. The lowest BCUT2D eigenvalue weighted by Crippen LogP contribution is -2.54. The van der Waals surface area contributed by atoms with E-state index in [4.69, 9.17) is 17.0 Å². The van der Waals surface area contributed by atoms with Crippen LogP contribution in [0.1, 0.15) is 11.1 Å². The topological polar surface area (TPSA) is 78.9 Å². The molecule has 1 fully saturated rings. The minimum absolute atomic E-state index is 0.00684. The van der Waals surface area contributed by atoms with Gasteiger partial charge in [-0.25, -0.2) is 0 Å². The summed E-state index contributed by atoms with van der Waals surface area (Å²) in [7, 11) is 0.